The Morgan fingerprint density at radius 1 is 1.56 bits per heavy atom. The van der Waals surface area contributed by atoms with Crippen LogP contribution in [0.4, 0.5) is 5.82 Å². The molecule has 1 heterocycles. The first-order valence-corrected chi connectivity index (χ1v) is 4.87. The van der Waals surface area contributed by atoms with E-state index in [4.69, 9.17) is 5.73 Å². The number of nitrogens with two attached hydrogens (primary N) is 1. The second kappa shape index (κ2) is 5.11. The summed E-state index contributed by atoms with van der Waals surface area (Å²) in [5, 5.41) is 9.41. The zero-order valence-corrected chi connectivity index (χ0v) is 9.44. The molecule has 0 atom stereocenters. The van der Waals surface area contributed by atoms with Crippen LogP contribution in [0.25, 0.3) is 5.57 Å². The number of aliphatic hydroxyl groups excluding tert-OH is 1. The summed E-state index contributed by atoms with van der Waals surface area (Å²) in [7, 11) is 0. The molecule has 84 valence electrons. The molecule has 1 rings (SSSR count). The van der Waals surface area contributed by atoms with Crippen LogP contribution in [0.15, 0.2) is 36.8 Å². The number of aromatic nitrogens is 2. The Hall–Kier alpha value is -2.10. The molecule has 0 aromatic carbocycles. The lowest BCUT2D eigenvalue weighted by molar-refractivity contribution is 0.432. The zero-order valence-electron chi connectivity index (χ0n) is 9.44. The van der Waals surface area contributed by atoms with Gasteiger partial charge in [0.25, 0.3) is 0 Å². The Morgan fingerprint density at radius 3 is 2.75 bits per heavy atom. The molecule has 0 saturated carbocycles. The van der Waals surface area contributed by atoms with Crippen molar-refractivity contribution < 1.29 is 5.11 Å². The monoisotopic (exact) mass is 217 g/mol. The summed E-state index contributed by atoms with van der Waals surface area (Å²) in [6, 6.07) is 0. The Labute approximate surface area is 94.9 Å². The maximum absolute atomic E-state index is 9.41. The van der Waals surface area contributed by atoms with Gasteiger partial charge in [-0.25, -0.2) is 9.97 Å². The highest BCUT2D eigenvalue weighted by molar-refractivity contribution is 5.72. The number of aryl methyl sites for hydroxylation is 1. The van der Waals surface area contributed by atoms with Gasteiger partial charge in [0.15, 0.2) is 0 Å². The molecule has 0 radical (unpaired) electrons. The third kappa shape index (κ3) is 2.70. The average Bonchev–Trinajstić information content (AvgIpc) is 2.29. The molecule has 4 heteroatoms. The van der Waals surface area contributed by atoms with Crippen LogP contribution in [-0.4, -0.2) is 15.1 Å². The number of hydrogen-bond donors (Lipinski definition) is 2. The molecule has 0 saturated heterocycles. The van der Waals surface area contributed by atoms with Crippen LogP contribution in [-0.2, 0) is 0 Å². The van der Waals surface area contributed by atoms with Crippen molar-refractivity contribution in [3.63, 3.8) is 0 Å². The highest BCUT2D eigenvalue weighted by Gasteiger charge is 2.03. The predicted octanol–water partition coefficient (Wildman–Crippen LogP) is 2.40. The highest BCUT2D eigenvalue weighted by Crippen LogP contribution is 2.16. The minimum Gasteiger partial charge on any atom is -0.508 e. The van der Waals surface area contributed by atoms with Crippen LogP contribution in [0.1, 0.15) is 18.3 Å². The van der Waals surface area contributed by atoms with Gasteiger partial charge in [-0.2, -0.15) is 0 Å². The lowest BCUT2D eigenvalue weighted by Gasteiger charge is -2.04. The number of allylic oxidation sites excluding steroid dienone is 4. The van der Waals surface area contributed by atoms with Gasteiger partial charge in [0.1, 0.15) is 11.6 Å². The smallest absolute Gasteiger partial charge is 0.144 e. The number of anilines is 1. The Morgan fingerprint density at radius 2 is 2.25 bits per heavy atom. The van der Waals surface area contributed by atoms with E-state index < -0.39 is 0 Å². The van der Waals surface area contributed by atoms with E-state index in [1.165, 1.54) is 0 Å². The summed E-state index contributed by atoms with van der Waals surface area (Å²) >= 11 is 0. The summed E-state index contributed by atoms with van der Waals surface area (Å²) in [5.41, 5.74) is 7.57. The Bertz CT molecular complexity index is 461. The average molecular weight is 217 g/mol. The number of hydrogen-bond acceptors (Lipinski definition) is 4. The maximum atomic E-state index is 9.41. The van der Waals surface area contributed by atoms with Gasteiger partial charge in [0, 0.05) is 5.57 Å². The van der Waals surface area contributed by atoms with Crippen molar-refractivity contribution >= 4 is 11.4 Å². The van der Waals surface area contributed by atoms with E-state index in [2.05, 4.69) is 16.5 Å². The van der Waals surface area contributed by atoms with Crippen molar-refractivity contribution in [3.8, 4) is 0 Å². The van der Waals surface area contributed by atoms with Crippen LogP contribution in [0.2, 0.25) is 0 Å². The summed E-state index contributed by atoms with van der Waals surface area (Å²) in [4.78, 5) is 8.27. The van der Waals surface area contributed by atoms with E-state index in [0.29, 0.717) is 22.8 Å². The quantitative estimate of drug-likeness (QED) is 0.602. The largest absolute Gasteiger partial charge is 0.508 e. The second-order valence-corrected chi connectivity index (χ2v) is 3.24. The van der Waals surface area contributed by atoms with E-state index >= 15 is 0 Å². The molecule has 0 aliphatic rings. The Kier molecular flexibility index (Phi) is 3.83. The van der Waals surface area contributed by atoms with Crippen LogP contribution >= 0.6 is 0 Å². The van der Waals surface area contributed by atoms with Crippen LogP contribution in [0.5, 0.6) is 0 Å². The van der Waals surface area contributed by atoms with Gasteiger partial charge in [-0.1, -0.05) is 12.7 Å². The number of aliphatic hydroxyl groups is 1. The zero-order chi connectivity index (χ0) is 12.1. The Balaban J connectivity index is 3.19. The van der Waals surface area contributed by atoms with Crippen molar-refractivity contribution in [2.75, 3.05) is 5.73 Å². The van der Waals surface area contributed by atoms with Gasteiger partial charge in [0.05, 0.1) is 17.6 Å². The lowest BCUT2D eigenvalue weighted by atomic mass is 10.1. The van der Waals surface area contributed by atoms with Crippen LogP contribution in [0.3, 0.4) is 0 Å². The van der Waals surface area contributed by atoms with Crippen molar-refractivity contribution in [1.29, 1.82) is 0 Å². The fraction of sp³-hybridized carbons (Fsp3) is 0.167. The number of nitrogen functional groups attached to an aromatic ring is 1. The first-order chi connectivity index (χ1) is 7.58. The van der Waals surface area contributed by atoms with Gasteiger partial charge < -0.3 is 10.8 Å². The van der Waals surface area contributed by atoms with Gasteiger partial charge in [-0.05, 0) is 26.0 Å². The first kappa shape index (κ1) is 12.0. The van der Waals surface area contributed by atoms with E-state index in [1.807, 2.05) is 0 Å². The van der Waals surface area contributed by atoms with E-state index in [-0.39, 0.29) is 5.76 Å². The van der Waals surface area contributed by atoms with Gasteiger partial charge >= 0.3 is 0 Å². The number of nitrogens with zero attached hydrogens (tertiary/aromatic N) is 2. The van der Waals surface area contributed by atoms with E-state index in [0.717, 1.165) is 0 Å². The third-order valence-electron chi connectivity index (χ3n) is 2.10. The second-order valence-electron chi connectivity index (χ2n) is 3.24. The molecular weight excluding hydrogens is 202 g/mol. The standard InChI is InChI=1S/C12H15N3O/c1-4-9(6-10(16)5-2)11-7-14-12(13)8(3)15-11/h4-7,16H,1H2,2-3H3,(H2,13,14)/b9-6+,10-5+. The SMILES string of the molecule is C=C/C(=C\C(O)=C/C)c1cnc(N)c(C)n1. The topological polar surface area (TPSA) is 72.0 Å². The van der Waals surface area contributed by atoms with Crippen LogP contribution in [0, 0.1) is 6.92 Å². The molecule has 0 spiro atoms. The first-order valence-electron chi connectivity index (χ1n) is 4.87. The summed E-state index contributed by atoms with van der Waals surface area (Å²) in [6.07, 6.45) is 6.33. The predicted molar refractivity (Wildman–Crippen MR) is 65.7 cm³/mol. The fourth-order valence-electron chi connectivity index (χ4n) is 1.11. The molecule has 0 amide bonds. The lowest BCUT2D eigenvalue weighted by Crippen LogP contribution is -1.99. The third-order valence-corrected chi connectivity index (χ3v) is 2.10. The van der Waals surface area contributed by atoms with Crippen molar-refractivity contribution in [2.24, 2.45) is 0 Å². The molecule has 0 aliphatic carbocycles. The molecule has 1 aromatic rings. The minimum atomic E-state index is 0.158. The summed E-state index contributed by atoms with van der Waals surface area (Å²) in [6.45, 7) is 7.19. The highest BCUT2D eigenvalue weighted by atomic mass is 16.3. The van der Waals surface area contributed by atoms with Crippen molar-refractivity contribution in [1.82, 2.24) is 9.97 Å². The maximum Gasteiger partial charge on any atom is 0.144 e. The molecule has 0 aliphatic heterocycles. The summed E-state index contributed by atoms with van der Waals surface area (Å²) < 4.78 is 0. The normalized spacial score (nSPS) is 12.6. The molecule has 4 nitrogen and oxygen atoms in total. The molecule has 0 fully saturated rings. The molecule has 1 aromatic heterocycles. The van der Waals surface area contributed by atoms with Crippen molar-refractivity contribution in [3.05, 3.63) is 48.2 Å². The summed E-state index contributed by atoms with van der Waals surface area (Å²) in [5.74, 6) is 0.564. The molecule has 0 bridgehead atoms. The number of rotatable bonds is 3. The molecule has 0 unspecified atom stereocenters. The van der Waals surface area contributed by atoms with Crippen molar-refractivity contribution in [2.45, 2.75) is 13.8 Å². The van der Waals surface area contributed by atoms with Gasteiger partial charge in [-0.15, -0.1) is 0 Å². The molecule has 16 heavy (non-hydrogen) atoms. The van der Waals surface area contributed by atoms with Crippen LogP contribution < -0.4 is 5.73 Å². The van der Waals surface area contributed by atoms with Gasteiger partial charge in [0.2, 0.25) is 0 Å². The minimum absolute atomic E-state index is 0.158. The van der Waals surface area contributed by atoms with Gasteiger partial charge in [-0.3, -0.25) is 0 Å². The molecule has 3 N–H and O–H groups in total. The molecular formula is C12H15N3O. The van der Waals surface area contributed by atoms with E-state index in [1.54, 1.807) is 38.3 Å². The fourth-order valence-corrected chi connectivity index (χ4v) is 1.11. The van der Waals surface area contributed by atoms with E-state index in [9.17, 15) is 5.11 Å².